The van der Waals surface area contributed by atoms with Gasteiger partial charge in [-0.1, -0.05) is 53.2 Å². The van der Waals surface area contributed by atoms with Gasteiger partial charge < -0.3 is 91.6 Å². The minimum Gasteiger partial charge on any atom is -0.465 e. The third kappa shape index (κ3) is 29.6. The van der Waals surface area contributed by atoms with E-state index in [1.165, 1.54) is 54.3 Å². The third-order valence-corrected chi connectivity index (χ3v) is 26.0. The molecule has 1 aromatic carbocycles. The van der Waals surface area contributed by atoms with Gasteiger partial charge in [-0.05, 0) is 101 Å². The number of hydrogen-bond donors (Lipinski definition) is 7. The van der Waals surface area contributed by atoms with Crippen molar-refractivity contribution in [1.29, 1.82) is 0 Å². The van der Waals surface area contributed by atoms with Crippen LogP contribution >= 0.6 is 45.9 Å². The Labute approximate surface area is 687 Å². The van der Waals surface area contributed by atoms with E-state index >= 15 is 8.78 Å². The van der Waals surface area contributed by atoms with E-state index in [0.29, 0.717) is 11.9 Å². The fourth-order valence-corrected chi connectivity index (χ4v) is 15.2. The maximum absolute atomic E-state index is 15.3. The van der Waals surface area contributed by atoms with Crippen molar-refractivity contribution in [2.75, 3.05) is 113 Å². The average molecular weight is 1840 g/mol. The van der Waals surface area contributed by atoms with E-state index in [1.54, 1.807) is 13.8 Å². The zero-order valence-electron chi connectivity index (χ0n) is 69.1. The summed E-state index contributed by atoms with van der Waals surface area (Å²) in [6, 6.07) is 8.91. The Morgan fingerprint density at radius 1 is 0.644 bits per heavy atom. The summed E-state index contributed by atoms with van der Waals surface area (Å²) in [5.41, 5.74) is -14.0. The van der Waals surface area contributed by atoms with E-state index in [-0.39, 0.29) is 61.2 Å². The molecule has 4 aromatic rings. The Hall–Kier alpha value is -6.67. The van der Waals surface area contributed by atoms with Crippen molar-refractivity contribution in [1.82, 2.24) is 48.9 Å². The Balaban J connectivity index is 0.000000440. The van der Waals surface area contributed by atoms with E-state index in [1.807, 2.05) is 67.7 Å². The number of aliphatic hydroxyl groups excluding tert-OH is 2. The van der Waals surface area contributed by atoms with Gasteiger partial charge in [-0.3, -0.25) is 57.2 Å². The van der Waals surface area contributed by atoms with Crippen LogP contribution in [0.2, 0.25) is 0 Å². The molecule has 0 aliphatic carbocycles. The minimum atomic E-state index is -3.98. The standard InChI is InChI=1S/C25H41F2N5O8P2.C25H34F2N3O7P.C16H24F2N3O7P.C4H7BrO2.CH4O/c1-15(2)32(16(3)4)41(38-11-10-28-6)40-20-18(12-25(26,27)42(8,9)36)39-23(21(20)37-14-19(33)29-7)31-13-17(5)22(34)30-24(31)35;1-16-12-29(24(33)30(22(16)32)15-35-13-18-9-7-6-8-10-18)23-21(36-14-20(31)28-3)17(2)19(37-23)11-25(26,27)38(4,5)34;1-8-6-21(15(25)20-13(8)24)14-12(27-7-10(22)19-2)11(23)9(28-14)5-16(17,18)29(3,4)26;1-2-7-4(6)3-5;1-2/h13,15-16,18,20-21,23H,10-12,14H2,1-5,7-9H3,(H,29,33)(H,30,34,35);6-10,12,17,19,21,23H,11,13-15H2,1-5H3,(H,28,31);6,9,11-12,14,23H,5,7H2,1-4H3,(H,19,22)(H,20,24,25);2-3H2,1H3;2H,1H3/t18-,20-,21-,23-,41?;17-,19-,21-,23-;9-,11-,12-,14-;;/m111../s1. The van der Waals surface area contributed by atoms with Crippen LogP contribution in [0.4, 0.5) is 26.3 Å². The minimum absolute atomic E-state index is 0.00949. The van der Waals surface area contributed by atoms with Crippen LogP contribution in [0.25, 0.3) is 4.85 Å². The fraction of sp³-hybridized carbons (Fsp3) is 0.676. The molecule has 47 heteroatoms. The molecule has 118 heavy (non-hydrogen) atoms. The molecule has 3 amide bonds. The highest BCUT2D eigenvalue weighted by molar-refractivity contribution is 9.09. The second kappa shape index (κ2) is 47.1. The summed E-state index contributed by atoms with van der Waals surface area (Å²) in [6.45, 7) is 27.0. The molecule has 3 aliphatic rings. The van der Waals surface area contributed by atoms with Gasteiger partial charge in [0.15, 0.2) is 18.7 Å². The molecule has 0 bridgehead atoms. The lowest BCUT2D eigenvalue weighted by atomic mass is 9.98. The Kier molecular flexibility index (Phi) is 42.1. The van der Waals surface area contributed by atoms with Gasteiger partial charge in [-0.25, -0.2) is 30.2 Å². The number of nitrogens with zero attached hydrogens (tertiary/aromatic N) is 6. The number of amides is 3. The lowest BCUT2D eigenvalue weighted by Crippen LogP contribution is -2.45. The molecule has 6 heterocycles. The van der Waals surface area contributed by atoms with Gasteiger partial charge in [0.2, 0.25) is 24.3 Å². The number of carbonyl (C=O) groups excluding carboxylic acids is 4. The summed E-state index contributed by atoms with van der Waals surface area (Å²) in [4.78, 5) is 128. The molecule has 3 saturated heterocycles. The first kappa shape index (κ1) is 106. The van der Waals surface area contributed by atoms with Crippen LogP contribution in [0.15, 0.2) is 77.7 Å². The van der Waals surface area contributed by atoms with Crippen LogP contribution in [0, 0.1) is 33.3 Å². The van der Waals surface area contributed by atoms with Gasteiger partial charge >= 0.3 is 23.0 Å². The maximum atomic E-state index is 15.3. The fourth-order valence-electron chi connectivity index (χ4n) is 11.4. The highest BCUT2D eigenvalue weighted by Crippen LogP contribution is 2.61. The van der Waals surface area contributed by atoms with Crippen molar-refractivity contribution in [3.05, 3.63) is 145 Å². The monoisotopic (exact) mass is 1830 g/mol. The van der Waals surface area contributed by atoms with Crippen LogP contribution in [0.3, 0.4) is 0 Å². The summed E-state index contributed by atoms with van der Waals surface area (Å²) in [5, 5.41) is 24.9. The van der Waals surface area contributed by atoms with E-state index in [0.717, 1.165) is 77.1 Å². The van der Waals surface area contributed by atoms with Crippen molar-refractivity contribution in [3.8, 4) is 0 Å². The number of rotatable bonds is 35. The molecular formula is C71H110BrF6N11O25P4. The number of aromatic amines is 2. The number of aromatic nitrogens is 6. The van der Waals surface area contributed by atoms with Crippen LogP contribution in [-0.2, 0) is 93.2 Å². The smallest absolute Gasteiger partial charge is 0.335 e. The predicted molar refractivity (Wildman–Crippen MR) is 428 cm³/mol. The number of hydrogen-bond acceptors (Lipinski definition) is 26. The van der Waals surface area contributed by atoms with E-state index in [4.69, 9.17) is 53.9 Å². The molecule has 3 fully saturated rings. The molecule has 668 valence electrons. The summed E-state index contributed by atoms with van der Waals surface area (Å²) < 4.78 is 188. The van der Waals surface area contributed by atoms with Crippen LogP contribution < -0.4 is 49.7 Å². The van der Waals surface area contributed by atoms with Gasteiger partial charge in [0.25, 0.3) is 42.2 Å². The summed E-state index contributed by atoms with van der Waals surface area (Å²) in [6.07, 6.45) is -14.3. The van der Waals surface area contributed by atoms with Gasteiger partial charge in [0.1, 0.15) is 90.4 Å². The van der Waals surface area contributed by atoms with Crippen molar-refractivity contribution >= 4 is 69.6 Å². The molecule has 1 unspecified atom stereocenters. The van der Waals surface area contributed by atoms with Gasteiger partial charge in [0, 0.05) is 101 Å². The molecule has 13 atom stereocenters. The normalized spacial score (nSPS) is 21.7. The molecule has 3 aliphatic heterocycles. The maximum Gasteiger partial charge on any atom is 0.335 e. The van der Waals surface area contributed by atoms with E-state index < -0.39 is 211 Å². The lowest BCUT2D eigenvalue weighted by molar-refractivity contribution is -0.140. The highest BCUT2D eigenvalue weighted by atomic mass is 79.9. The van der Waals surface area contributed by atoms with Crippen molar-refractivity contribution in [2.45, 2.75) is 192 Å². The lowest BCUT2D eigenvalue weighted by Gasteiger charge is -2.38. The molecule has 36 nitrogen and oxygen atoms in total. The summed E-state index contributed by atoms with van der Waals surface area (Å²) in [7, 11) is -8.53. The number of aliphatic hydroxyl groups is 2. The second-order valence-electron chi connectivity index (χ2n) is 28.7. The quantitative estimate of drug-likeness (QED) is 0.00663. The molecule has 0 saturated carbocycles. The largest absolute Gasteiger partial charge is 0.465 e. The molecule has 3 aromatic heterocycles. The van der Waals surface area contributed by atoms with E-state index in [9.17, 15) is 84.3 Å². The molecule has 0 radical (unpaired) electrons. The van der Waals surface area contributed by atoms with E-state index in [2.05, 4.69) is 46.4 Å². The topological polar surface area (TPSA) is 450 Å². The number of esters is 1. The molecule has 7 rings (SSSR count). The predicted octanol–water partition coefficient (Wildman–Crippen LogP) is 6.30. The van der Waals surface area contributed by atoms with Gasteiger partial charge in [-0.15, -0.1) is 0 Å². The van der Waals surface area contributed by atoms with Gasteiger partial charge in [0.05, 0.1) is 31.5 Å². The summed E-state index contributed by atoms with van der Waals surface area (Å²) >= 11 is 2.94. The Morgan fingerprint density at radius 3 is 1.47 bits per heavy atom. The van der Waals surface area contributed by atoms with Crippen LogP contribution in [-0.4, -0.2) is 258 Å². The average Bonchev–Trinajstić information content (AvgIpc) is 1.71. The van der Waals surface area contributed by atoms with Crippen molar-refractivity contribution in [3.63, 3.8) is 0 Å². The number of ether oxygens (including phenoxy) is 8. The number of likely N-dealkylation sites (N-methyl/N-ethyl adjacent to an activating group) is 3. The third-order valence-electron chi connectivity index (χ3n) is 18.2. The number of alkyl halides is 7. The highest BCUT2D eigenvalue weighted by Gasteiger charge is 2.58. The Bertz CT molecular complexity index is 4530. The number of aryl methyl sites for hydroxylation is 3. The van der Waals surface area contributed by atoms with Crippen molar-refractivity contribution < 1.29 is 116 Å². The first-order valence-electron chi connectivity index (χ1n) is 36.7. The van der Waals surface area contributed by atoms with Crippen LogP contribution in [0.1, 0.15) is 102 Å². The number of H-pyrrole nitrogens is 2. The second-order valence-corrected chi connectivity index (χ2v) is 40.8. The summed E-state index contributed by atoms with van der Waals surface area (Å²) in [5.74, 6) is -2.47. The number of halogens is 7. The SMILES string of the molecule is CCOC(=O)CBr.CNC(=O)CO[C@@H]1[C@H](C)[C@@H](CC(F)(F)P(C)(C)=O)O[C@H]1n1cc(C)c(=O)n(COCc2ccccc2)c1=O.CNC(=O)CO[C@@H]1[C@H](O)[C@@H](CC(F)(F)P(C)(C)=O)O[C@H]1n1cc(C)c(=O)[nH]c1=O.CO.[C-]#[N+]CCOP(O[C@H]1[C@@H](OCC(=O)NC)[C@H](n2cc(C)c(=O)[nH]c2=O)O[C@@H]1CC(F)(F)P(C)(C)=O)N(C(C)C)C(C)C. The Morgan fingerprint density at radius 2 is 1.05 bits per heavy atom. The molecule has 7 N–H and O–H groups in total. The number of carbonyl (C=O) groups is 4. The molecule has 0 spiro atoms. The number of benzene rings is 1. The first-order valence-corrected chi connectivity index (χ1v) is 46.7. The van der Waals surface area contributed by atoms with Crippen LogP contribution in [0.5, 0.6) is 0 Å². The molecular weight excluding hydrogens is 1720 g/mol. The first-order chi connectivity index (χ1) is 54.8. The number of nitrogens with one attached hydrogen (secondary N) is 5. The van der Waals surface area contributed by atoms with Crippen molar-refractivity contribution in [2.24, 2.45) is 5.92 Å². The zero-order valence-corrected chi connectivity index (χ0v) is 74.3. The zero-order chi connectivity index (χ0) is 90.1. The van der Waals surface area contributed by atoms with Gasteiger partial charge in [-0.2, -0.15) is 26.3 Å².